The highest BCUT2D eigenvalue weighted by Gasteiger charge is 2.04. The Labute approximate surface area is 94.8 Å². The van der Waals surface area contributed by atoms with E-state index in [2.05, 4.69) is 37.9 Å². The Morgan fingerprint density at radius 2 is 2.15 bits per heavy atom. The van der Waals surface area contributed by atoms with Crippen LogP contribution in [-0.4, -0.2) is 6.29 Å². The molecule has 70 valence electrons. The average molecular weight is 306 g/mol. The Morgan fingerprint density at radius 1 is 1.38 bits per heavy atom. The summed E-state index contributed by atoms with van der Waals surface area (Å²) in [5.41, 5.74) is 2.47. The molecule has 0 saturated carbocycles. The monoisotopic (exact) mass is 304 g/mol. The number of carbonyl (C=O) groups is 1. The maximum Gasteiger partial charge on any atom is 0.120 e. The molecule has 0 aliphatic carbocycles. The van der Waals surface area contributed by atoms with Crippen LogP contribution >= 0.6 is 31.9 Å². The summed E-state index contributed by atoms with van der Waals surface area (Å²) < 4.78 is 1.10. The van der Waals surface area contributed by atoms with Crippen molar-refractivity contribution in [1.82, 2.24) is 0 Å². The molecule has 1 rings (SSSR count). The number of hydrogen-bond acceptors (Lipinski definition) is 1. The van der Waals surface area contributed by atoms with Crippen molar-refractivity contribution in [1.29, 1.82) is 0 Å². The van der Waals surface area contributed by atoms with E-state index < -0.39 is 0 Å². The van der Waals surface area contributed by atoms with Gasteiger partial charge in [-0.15, -0.1) is 0 Å². The standard InChI is InChI=1S/C10H10Br2O/c11-7-9-8(4-2-6-13)3-1-5-10(9)12/h1,3,5-6H,2,4,7H2. The third-order valence-electron chi connectivity index (χ3n) is 1.88. The maximum atomic E-state index is 10.2. The normalized spacial score (nSPS) is 10.0. The molecule has 0 radical (unpaired) electrons. The molecule has 0 aliphatic heterocycles. The second kappa shape index (κ2) is 5.55. The van der Waals surface area contributed by atoms with Crippen LogP contribution in [0.25, 0.3) is 0 Å². The predicted molar refractivity (Wildman–Crippen MR) is 61.2 cm³/mol. The van der Waals surface area contributed by atoms with Crippen LogP contribution in [-0.2, 0) is 16.5 Å². The number of hydrogen-bond donors (Lipinski definition) is 0. The fraction of sp³-hybridized carbons (Fsp3) is 0.300. The Kier molecular flexibility index (Phi) is 4.67. The zero-order valence-corrected chi connectivity index (χ0v) is 10.3. The van der Waals surface area contributed by atoms with Gasteiger partial charge in [0.2, 0.25) is 0 Å². The highest BCUT2D eigenvalue weighted by molar-refractivity contribution is 9.10. The third kappa shape index (κ3) is 2.92. The molecule has 1 aromatic carbocycles. The van der Waals surface area contributed by atoms with Gasteiger partial charge in [-0.05, 0) is 23.6 Å². The van der Waals surface area contributed by atoms with Gasteiger partial charge in [-0.2, -0.15) is 0 Å². The van der Waals surface area contributed by atoms with Crippen LogP contribution in [0.1, 0.15) is 17.5 Å². The van der Waals surface area contributed by atoms with Crippen LogP contribution in [0.4, 0.5) is 0 Å². The molecule has 0 heterocycles. The van der Waals surface area contributed by atoms with Crippen molar-refractivity contribution in [3.63, 3.8) is 0 Å². The first-order valence-electron chi connectivity index (χ1n) is 4.05. The highest BCUT2D eigenvalue weighted by atomic mass is 79.9. The average Bonchev–Trinajstić information content (AvgIpc) is 2.15. The van der Waals surface area contributed by atoms with Gasteiger partial charge in [0, 0.05) is 16.2 Å². The number of aldehydes is 1. The lowest BCUT2D eigenvalue weighted by Gasteiger charge is -2.07. The summed E-state index contributed by atoms with van der Waals surface area (Å²) in [5.74, 6) is 0. The van der Waals surface area contributed by atoms with Gasteiger partial charge < -0.3 is 4.79 Å². The van der Waals surface area contributed by atoms with Crippen LogP contribution in [0.15, 0.2) is 22.7 Å². The summed E-state index contributed by atoms with van der Waals surface area (Å²) in [4.78, 5) is 10.2. The second-order valence-corrected chi connectivity index (χ2v) is 4.13. The molecular formula is C10H10Br2O. The summed E-state index contributed by atoms with van der Waals surface area (Å²) in [7, 11) is 0. The SMILES string of the molecule is O=CCCc1cccc(Br)c1CBr. The molecule has 1 nitrogen and oxygen atoms in total. The van der Waals surface area contributed by atoms with E-state index in [-0.39, 0.29) is 0 Å². The van der Waals surface area contributed by atoms with E-state index in [0.29, 0.717) is 6.42 Å². The quantitative estimate of drug-likeness (QED) is 0.615. The van der Waals surface area contributed by atoms with Gasteiger partial charge in [-0.25, -0.2) is 0 Å². The molecule has 0 bridgehead atoms. The molecule has 0 aromatic heterocycles. The lowest BCUT2D eigenvalue weighted by Crippen LogP contribution is -1.93. The third-order valence-corrected chi connectivity index (χ3v) is 3.18. The topological polar surface area (TPSA) is 17.1 Å². The van der Waals surface area contributed by atoms with Crippen LogP contribution in [0, 0.1) is 0 Å². The van der Waals surface area contributed by atoms with Crippen molar-refractivity contribution in [2.45, 2.75) is 18.2 Å². The number of benzene rings is 1. The van der Waals surface area contributed by atoms with Crippen LogP contribution in [0.3, 0.4) is 0 Å². The summed E-state index contributed by atoms with van der Waals surface area (Å²) in [6.45, 7) is 0. The van der Waals surface area contributed by atoms with E-state index in [9.17, 15) is 4.79 Å². The van der Waals surface area contributed by atoms with Crippen LogP contribution in [0.5, 0.6) is 0 Å². The summed E-state index contributed by atoms with van der Waals surface area (Å²) in [6, 6.07) is 6.07. The van der Waals surface area contributed by atoms with Crippen LogP contribution < -0.4 is 0 Å². The van der Waals surface area contributed by atoms with Crippen LogP contribution in [0.2, 0.25) is 0 Å². The molecule has 0 spiro atoms. The van der Waals surface area contributed by atoms with Crippen molar-refractivity contribution in [3.8, 4) is 0 Å². The fourth-order valence-corrected chi connectivity index (χ4v) is 2.79. The van der Waals surface area contributed by atoms with Crippen molar-refractivity contribution < 1.29 is 4.79 Å². The molecule has 0 unspecified atom stereocenters. The molecule has 0 saturated heterocycles. The molecule has 13 heavy (non-hydrogen) atoms. The van der Waals surface area contributed by atoms with Gasteiger partial charge in [0.15, 0.2) is 0 Å². The van der Waals surface area contributed by atoms with E-state index in [1.165, 1.54) is 11.1 Å². The van der Waals surface area contributed by atoms with Crippen molar-refractivity contribution in [2.24, 2.45) is 0 Å². The molecule has 1 aromatic rings. The van der Waals surface area contributed by atoms with E-state index in [1.807, 2.05) is 12.1 Å². The van der Waals surface area contributed by atoms with Gasteiger partial charge in [0.25, 0.3) is 0 Å². The van der Waals surface area contributed by atoms with Crippen molar-refractivity contribution in [2.75, 3.05) is 0 Å². The molecular weight excluding hydrogens is 296 g/mol. The smallest absolute Gasteiger partial charge is 0.120 e. The number of halogens is 2. The number of aryl methyl sites for hydroxylation is 1. The summed E-state index contributed by atoms with van der Waals surface area (Å²) in [6.07, 6.45) is 2.37. The van der Waals surface area contributed by atoms with Crippen molar-refractivity contribution in [3.05, 3.63) is 33.8 Å². The minimum Gasteiger partial charge on any atom is -0.303 e. The zero-order valence-electron chi connectivity index (χ0n) is 7.09. The summed E-state index contributed by atoms with van der Waals surface area (Å²) in [5, 5.41) is 0.822. The lowest BCUT2D eigenvalue weighted by molar-refractivity contribution is -0.107. The number of rotatable bonds is 4. The Morgan fingerprint density at radius 3 is 2.77 bits per heavy atom. The highest BCUT2D eigenvalue weighted by Crippen LogP contribution is 2.23. The minimum absolute atomic E-state index is 0.594. The second-order valence-electron chi connectivity index (χ2n) is 2.72. The first kappa shape index (κ1) is 10.9. The Bertz CT molecular complexity index is 297. The van der Waals surface area contributed by atoms with E-state index >= 15 is 0 Å². The zero-order chi connectivity index (χ0) is 9.68. The Balaban J connectivity index is 2.91. The Hall–Kier alpha value is -0.150. The molecule has 0 N–H and O–H groups in total. The molecule has 0 aliphatic rings. The van der Waals surface area contributed by atoms with Crippen molar-refractivity contribution >= 4 is 38.1 Å². The minimum atomic E-state index is 0.594. The fourth-order valence-electron chi connectivity index (χ4n) is 1.20. The molecule has 0 atom stereocenters. The van der Waals surface area contributed by atoms with E-state index in [0.717, 1.165) is 22.5 Å². The molecule has 0 amide bonds. The van der Waals surface area contributed by atoms with Gasteiger partial charge in [-0.3, -0.25) is 0 Å². The van der Waals surface area contributed by atoms with E-state index in [1.54, 1.807) is 0 Å². The number of alkyl halides is 1. The predicted octanol–water partition coefficient (Wildman–Crippen LogP) is 3.48. The maximum absolute atomic E-state index is 10.2. The largest absolute Gasteiger partial charge is 0.303 e. The lowest BCUT2D eigenvalue weighted by atomic mass is 10.0. The first-order valence-corrected chi connectivity index (χ1v) is 5.97. The molecule has 3 heteroatoms. The first-order chi connectivity index (χ1) is 6.29. The van der Waals surface area contributed by atoms with Gasteiger partial charge >= 0.3 is 0 Å². The van der Waals surface area contributed by atoms with E-state index in [4.69, 9.17) is 0 Å². The number of carbonyl (C=O) groups excluding carboxylic acids is 1. The van der Waals surface area contributed by atoms with Gasteiger partial charge in [0.1, 0.15) is 6.29 Å². The molecule has 0 fully saturated rings. The van der Waals surface area contributed by atoms with Gasteiger partial charge in [0.05, 0.1) is 0 Å². The summed E-state index contributed by atoms with van der Waals surface area (Å²) >= 11 is 6.91. The van der Waals surface area contributed by atoms with Gasteiger partial charge in [-0.1, -0.05) is 44.0 Å².